The average Bonchev–Trinajstić information content (AvgIpc) is 3.38. The van der Waals surface area contributed by atoms with E-state index >= 15 is 0 Å². The Morgan fingerprint density at radius 2 is 1.93 bits per heavy atom. The molecular weight excluding hydrogens is 358 g/mol. The van der Waals surface area contributed by atoms with Crippen LogP contribution in [-0.4, -0.2) is 48.4 Å². The summed E-state index contributed by atoms with van der Waals surface area (Å²) in [5.41, 5.74) is 0.984. The highest BCUT2D eigenvalue weighted by Crippen LogP contribution is 2.19. The molecule has 0 amide bonds. The fourth-order valence-electron chi connectivity index (χ4n) is 2.80. The van der Waals surface area contributed by atoms with Gasteiger partial charge < -0.3 is 10.1 Å². The maximum absolute atomic E-state index is 11.6. The highest BCUT2D eigenvalue weighted by molar-refractivity contribution is 5.81. The van der Waals surface area contributed by atoms with Gasteiger partial charge in [-0.1, -0.05) is 18.2 Å². The molecule has 0 spiro atoms. The zero-order chi connectivity index (χ0) is 19.3. The second-order valence-corrected chi connectivity index (χ2v) is 5.94. The fraction of sp³-hybridized carbons (Fsp3) is 0.211. The van der Waals surface area contributed by atoms with E-state index in [4.69, 9.17) is 4.74 Å². The summed E-state index contributed by atoms with van der Waals surface area (Å²) in [4.78, 5) is 25.0. The lowest BCUT2D eigenvalue weighted by Crippen LogP contribution is -2.16. The zero-order valence-corrected chi connectivity index (χ0v) is 15.3. The summed E-state index contributed by atoms with van der Waals surface area (Å²) in [6.07, 6.45) is 5.55. The van der Waals surface area contributed by atoms with Crippen LogP contribution >= 0.6 is 0 Å². The molecule has 0 aliphatic carbocycles. The van der Waals surface area contributed by atoms with Gasteiger partial charge in [-0.3, -0.25) is 9.36 Å². The smallest absolute Gasteiger partial charge is 0.307 e. The number of fused-ring (bicyclic) bond motifs is 1. The van der Waals surface area contributed by atoms with Crippen molar-refractivity contribution < 1.29 is 9.53 Å². The lowest BCUT2D eigenvalue weighted by Gasteiger charge is -2.10. The van der Waals surface area contributed by atoms with Gasteiger partial charge >= 0.3 is 5.97 Å². The van der Waals surface area contributed by atoms with Crippen LogP contribution in [0, 0.1) is 0 Å². The number of aromatic nitrogens is 6. The number of benzene rings is 1. The van der Waals surface area contributed by atoms with Gasteiger partial charge in [0.25, 0.3) is 5.95 Å². The Kier molecular flexibility index (Phi) is 4.96. The first-order valence-electron chi connectivity index (χ1n) is 8.96. The van der Waals surface area contributed by atoms with Crippen molar-refractivity contribution in [1.29, 1.82) is 0 Å². The molecule has 0 fully saturated rings. The van der Waals surface area contributed by atoms with Crippen LogP contribution in [0.3, 0.4) is 0 Å². The quantitative estimate of drug-likeness (QED) is 0.494. The van der Waals surface area contributed by atoms with Crippen LogP contribution in [0.25, 0.3) is 22.8 Å². The molecule has 0 saturated carbocycles. The number of ether oxygens (including phenoxy) is 1. The zero-order valence-electron chi connectivity index (χ0n) is 15.3. The van der Waals surface area contributed by atoms with Crippen LogP contribution in [0.2, 0.25) is 0 Å². The van der Waals surface area contributed by atoms with Crippen molar-refractivity contribution in [2.24, 2.45) is 0 Å². The maximum atomic E-state index is 11.6. The Morgan fingerprint density at radius 1 is 1.07 bits per heavy atom. The molecule has 28 heavy (non-hydrogen) atoms. The molecule has 9 heteroatoms. The van der Waals surface area contributed by atoms with Crippen LogP contribution in [0.4, 0.5) is 5.95 Å². The lowest BCUT2D eigenvalue weighted by atomic mass is 10.2. The van der Waals surface area contributed by atoms with Gasteiger partial charge in [0.1, 0.15) is 0 Å². The molecule has 0 atom stereocenters. The van der Waals surface area contributed by atoms with Crippen molar-refractivity contribution in [3.8, 4) is 11.9 Å². The fourth-order valence-corrected chi connectivity index (χ4v) is 2.80. The maximum Gasteiger partial charge on any atom is 0.307 e. The van der Waals surface area contributed by atoms with Gasteiger partial charge in [-0.15, -0.1) is 0 Å². The summed E-state index contributed by atoms with van der Waals surface area (Å²) in [7, 11) is 0. The number of hydrogen-bond acceptors (Lipinski definition) is 7. The Hall–Kier alpha value is -3.75. The number of hydrogen-bond donors (Lipinski definition) is 1. The number of nitrogens with one attached hydrogen (secondary N) is 1. The van der Waals surface area contributed by atoms with Crippen molar-refractivity contribution in [1.82, 2.24) is 29.3 Å². The van der Waals surface area contributed by atoms with Crippen molar-refractivity contribution >= 4 is 22.8 Å². The van der Waals surface area contributed by atoms with Gasteiger partial charge in [0.15, 0.2) is 0 Å². The summed E-state index contributed by atoms with van der Waals surface area (Å²) in [6.45, 7) is 2.49. The topological polar surface area (TPSA) is 99.7 Å². The summed E-state index contributed by atoms with van der Waals surface area (Å²) >= 11 is 0. The van der Waals surface area contributed by atoms with Gasteiger partial charge in [0.05, 0.1) is 18.5 Å². The molecule has 0 radical (unpaired) electrons. The molecule has 142 valence electrons. The molecule has 3 aromatic heterocycles. The summed E-state index contributed by atoms with van der Waals surface area (Å²) < 4.78 is 8.40. The molecule has 0 aliphatic rings. The summed E-state index contributed by atoms with van der Waals surface area (Å²) in [5.74, 6) is 0.928. The summed E-state index contributed by atoms with van der Waals surface area (Å²) in [5, 5.41) is 8.35. The standard InChI is InChI=1S/C19H19N7O2/c1-2-28-16(27)8-11-20-17-22-18(24-19(23-17)26-12-5-10-21-26)25-13-9-14-6-3-4-7-15(14)25/h3-7,9-10,12-13H,2,8,11H2,1H3,(H,20,22,23,24). The molecule has 1 N–H and O–H groups in total. The van der Waals surface area contributed by atoms with Crippen LogP contribution in [-0.2, 0) is 9.53 Å². The first-order chi connectivity index (χ1) is 13.7. The minimum Gasteiger partial charge on any atom is -0.466 e. The molecule has 4 aromatic rings. The Labute approximate surface area is 161 Å². The predicted molar refractivity (Wildman–Crippen MR) is 104 cm³/mol. The van der Waals surface area contributed by atoms with E-state index in [1.807, 2.05) is 41.1 Å². The Bertz CT molecular complexity index is 1090. The van der Waals surface area contributed by atoms with Crippen LogP contribution in [0.5, 0.6) is 0 Å². The molecule has 4 rings (SSSR count). The van der Waals surface area contributed by atoms with Gasteiger partial charge in [-0.05, 0) is 25.1 Å². The molecule has 9 nitrogen and oxygen atoms in total. The van der Waals surface area contributed by atoms with Gasteiger partial charge in [-0.25, -0.2) is 4.68 Å². The highest BCUT2D eigenvalue weighted by Gasteiger charge is 2.12. The lowest BCUT2D eigenvalue weighted by molar-refractivity contribution is -0.142. The monoisotopic (exact) mass is 377 g/mol. The van der Waals surface area contributed by atoms with E-state index < -0.39 is 0 Å². The third-order valence-electron chi connectivity index (χ3n) is 4.05. The van der Waals surface area contributed by atoms with E-state index in [9.17, 15) is 4.79 Å². The Morgan fingerprint density at radius 3 is 2.75 bits per heavy atom. The third kappa shape index (κ3) is 3.68. The number of anilines is 1. The molecule has 0 bridgehead atoms. The SMILES string of the molecule is CCOC(=O)CCNc1nc(-n2cccn2)nc(-n2ccc3ccccc32)n1. The van der Waals surface area contributed by atoms with Crippen molar-refractivity contribution in [2.45, 2.75) is 13.3 Å². The minimum atomic E-state index is -0.270. The number of nitrogens with zero attached hydrogens (tertiary/aromatic N) is 6. The summed E-state index contributed by atoms with van der Waals surface area (Å²) in [6, 6.07) is 11.8. The number of carbonyl (C=O) groups is 1. The third-order valence-corrected chi connectivity index (χ3v) is 4.05. The highest BCUT2D eigenvalue weighted by atomic mass is 16.5. The molecular formula is C19H19N7O2. The second kappa shape index (κ2) is 7.87. The van der Waals surface area contributed by atoms with E-state index in [1.165, 1.54) is 0 Å². The van der Waals surface area contributed by atoms with E-state index in [0.717, 1.165) is 10.9 Å². The molecule has 0 aliphatic heterocycles. The first-order valence-corrected chi connectivity index (χ1v) is 8.96. The Balaban J connectivity index is 1.68. The van der Waals surface area contributed by atoms with Crippen molar-refractivity contribution in [3.05, 3.63) is 55.0 Å². The molecule has 1 aromatic carbocycles. The van der Waals surface area contributed by atoms with Gasteiger partial charge in [-0.2, -0.15) is 20.1 Å². The van der Waals surface area contributed by atoms with Crippen molar-refractivity contribution in [3.63, 3.8) is 0 Å². The van der Waals surface area contributed by atoms with E-state index in [2.05, 4.69) is 25.4 Å². The van der Waals surface area contributed by atoms with Crippen molar-refractivity contribution in [2.75, 3.05) is 18.5 Å². The molecule has 0 unspecified atom stereocenters. The van der Waals surface area contributed by atoms with Gasteiger partial charge in [0, 0.05) is 30.5 Å². The molecule has 0 saturated heterocycles. The minimum absolute atomic E-state index is 0.221. The normalized spacial score (nSPS) is 10.9. The number of esters is 1. The largest absolute Gasteiger partial charge is 0.466 e. The predicted octanol–water partition coefficient (Wildman–Crippen LogP) is 2.37. The van der Waals surface area contributed by atoms with Crippen LogP contribution < -0.4 is 5.32 Å². The number of carbonyl (C=O) groups excluding carboxylic acids is 1. The first kappa shape index (κ1) is 17.7. The number of rotatable bonds is 7. The van der Waals surface area contributed by atoms with Crippen LogP contribution in [0.1, 0.15) is 13.3 Å². The van der Waals surface area contributed by atoms with E-state index in [-0.39, 0.29) is 12.4 Å². The van der Waals surface area contributed by atoms with Gasteiger partial charge in [0.2, 0.25) is 11.9 Å². The van der Waals surface area contributed by atoms with E-state index in [1.54, 1.807) is 30.1 Å². The van der Waals surface area contributed by atoms with E-state index in [0.29, 0.717) is 31.0 Å². The average molecular weight is 377 g/mol. The number of para-hydroxylation sites is 1. The van der Waals surface area contributed by atoms with Crippen LogP contribution in [0.15, 0.2) is 55.0 Å². The molecule has 3 heterocycles. The second-order valence-electron chi connectivity index (χ2n) is 5.94.